The molecule has 0 radical (unpaired) electrons. The smallest absolute Gasteiger partial charge is 0.264 e. The summed E-state index contributed by atoms with van der Waals surface area (Å²) >= 11 is 18.9. The van der Waals surface area contributed by atoms with Crippen molar-refractivity contribution >= 4 is 62.3 Å². The highest BCUT2D eigenvalue weighted by molar-refractivity contribution is 7.92. The number of halogens is 3. The van der Waals surface area contributed by atoms with Gasteiger partial charge < -0.3 is 10.2 Å². The molecule has 43 heavy (non-hydrogen) atoms. The van der Waals surface area contributed by atoms with E-state index in [-0.39, 0.29) is 29.1 Å². The van der Waals surface area contributed by atoms with Gasteiger partial charge in [-0.25, -0.2) is 8.42 Å². The third kappa shape index (κ3) is 8.44. The first-order valence-electron chi connectivity index (χ1n) is 14.4. The Morgan fingerprint density at radius 2 is 1.60 bits per heavy atom. The lowest BCUT2D eigenvalue weighted by molar-refractivity contribution is -0.140. The Kier molecular flexibility index (Phi) is 11.4. The van der Waals surface area contributed by atoms with Crippen LogP contribution >= 0.6 is 34.8 Å². The third-order valence-corrected chi connectivity index (χ3v) is 10.3. The minimum Gasteiger partial charge on any atom is -0.352 e. The highest BCUT2D eigenvalue weighted by Gasteiger charge is 2.34. The van der Waals surface area contributed by atoms with Crippen molar-refractivity contribution in [1.29, 1.82) is 0 Å². The van der Waals surface area contributed by atoms with Gasteiger partial charge in [0.1, 0.15) is 12.6 Å². The van der Waals surface area contributed by atoms with Gasteiger partial charge in [-0.1, -0.05) is 90.8 Å². The first kappa shape index (κ1) is 33.1. The van der Waals surface area contributed by atoms with Crippen molar-refractivity contribution in [3.05, 3.63) is 92.9 Å². The van der Waals surface area contributed by atoms with Crippen molar-refractivity contribution < 1.29 is 18.0 Å². The zero-order valence-electron chi connectivity index (χ0n) is 24.2. The summed E-state index contributed by atoms with van der Waals surface area (Å²) in [4.78, 5) is 29.4. The summed E-state index contributed by atoms with van der Waals surface area (Å²) in [6, 6.07) is 16.8. The Hall–Kier alpha value is -2.78. The summed E-state index contributed by atoms with van der Waals surface area (Å²) in [7, 11) is -4.20. The topological polar surface area (TPSA) is 86.8 Å². The van der Waals surface area contributed by atoms with Gasteiger partial charge in [0.15, 0.2) is 0 Å². The summed E-state index contributed by atoms with van der Waals surface area (Å²) in [6.45, 7) is 3.11. The minimum absolute atomic E-state index is 0.0145. The Bertz CT molecular complexity index is 1540. The molecule has 2 amide bonds. The van der Waals surface area contributed by atoms with E-state index in [1.165, 1.54) is 23.1 Å². The molecular formula is C32H36Cl3N3O4S. The predicted octanol–water partition coefficient (Wildman–Crippen LogP) is 7.41. The summed E-state index contributed by atoms with van der Waals surface area (Å²) in [5.74, 6) is -0.837. The molecule has 1 atom stereocenters. The van der Waals surface area contributed by atoms with Crippen LogP contribution in [0.5, 0.6) is 0 Å². The summed E-state index contributed by atoms with van der Waals surface area (Å²) < 4.78 is 29.0. The minimum atomic E-state index is -4.20. The zero-order valence-corrected chi connectivity index (χ0v) is 27.3. The average molecular weight is 665 g/mol. The number of benzene rings is 3. The quantitative estimate of drug-likeness (QED) is 0.231. The van der Waals surface area contributed by atoms with Crippen LogP contribution in [-0.4, -0.2) is 43.8 Å². The Morgan fingerprint density at radius 1 is 0.930 bits per heavy atom. The van der Waals surface area contributed by atoms with Crippen LogP contribution in [0.1, 0.15) is 56.6 Å². The molecule has 4 rings (SSSR count). The number of amides is 2. The highest BCUT2D eigenvalue weighted by atomic mass is 35.5. The van der Waals surface area contributed by atoms with Crippen molar-refractivity contribution in [3.63, 3.8) is 0 Å². The number of anilines is 1. The molecule has 0 saturated heterocycles. The van der Waals surface area contributed by atoms with E-state index in [0.717, 1.165) is 42.0 Å². The van der Waals surface area contributed by atoms with Crippen LogP contribution in [0.3, 0.4) is 0 Å². The van der Waals surface area contributed by atoms with Crippen LogP contribution in [0.25, 0.3) is 0 Å². The molecule has 1 saturated carbocycles. The largest absolute Gasteiger partial charge is 0.352 e. The molecule has 1 N–H and O–H groups in total. The van der Waals surface area contributed by atoms with Gasteiger partial charge in [0.25, 0.3) is 10.0 Å². The van der Waals surface area contributed by atoms with Gasteiger partial charge in [0.05, 0.1) is 10.6 Å². The van der Waals surface area contributed by atoms with Crippen molar-refractivity contribution in [1.82, 2.24) is 10.2 Å². The number of carbonyl (C=O) groups is 2. The molecule has 3 aromatic carbocycles. The van der Waals surface area contributed by atoms with Gasteiger partial charge >= 0.3 is 0 Å². The monoisotopic (exact) mass is 663 g/mol. The molecule has 3 aromatic rings. The van der Waals surface area contributed by atoms with Crippen LogP contribution in [0.15, 0.2) is 71.6 Å². The fourth-order valence-corrected chi connectivity index (χ4v) is 7.35. The van der Waals surface area contributed by atoms with Gasteiger partial charge in [0.2, 0.25) is 11.8 Å². The molecule has 0 bridgehead atoms. The van der Waals surface area contributed by atoms with Crippen molar-refractivity contribution in [2.24, 2.45) is 0 Å². The lowest BCUT2D eigenvalue weighted by Gasteiger charge is -2.34. The number of sulfonamides is 1. The van der Waals surface area contributed by atoms with Gasteiger partial charge in [-0.05, 0) is 74.2 Å². The van der Waals surface area contributed by atoms with Gasteiger partial charge in [-0.3, -0.25) is 13.9 Å². The van der Waals surface area contributed by atoms with E-state index in [1.54, 1.807) is 48.5 Å². The predicted molar refractivity (Wildman–Crippen MR) is 173 cm³/mol. The van der Waals surface area contributed by atoms with Crippen LogP contribution < -0.4 is 9.62 Å². The maximum Gasteiger partial charge on any atom is 0.264 e. The summed E-state index contributed by atoms with van der Waals surface area (Å²) in [6.07, 6.45) is 5.30. The van der Waals surface area contributed by atoms with E-state index in [4.69, 9.17) is 34.8 Å². The number of aryl methyl sites for hydroxylation is 1. The van der Waals surface area contributed by atoms with Crippen LogP contribution in [-0.2, 0) is 26.2 Å². The maximum absolute atomic E-state index is 14.3. The maximum atomic E-state index is 14.3. The lowest BCUT2D eigenvalue weighted by Crippen LogP contribution is -2.54. The number of rotatable bonds is 11. The fourth-order valence-electron chi connectivity index (χ4n) is 5.29. The van der Waals surface area contributed by atoms with E-state index in [0.29, 0.717) is 27.1 Å². The lowest BCUT2D eigenvalue weighted by atomic mass is 9.95. The normalized spacial score (nSPS) is 14.6. The summed E-state index contributed by atoms with van der Waals surface area (Å²) in [5, 5.41) is 4.22. The molecule has 0 aliphatic heterocycles. The second-order valence-electron chi connectivity index (χ2n) is 10.8. The van der Waals surface area contributed by atoms with E-state index in [2.05, 4.69) is 5.32 Å². The zero-order chi connectivity index (χ0) is 31.1. The number of nitrogens with zero attached hydrogens (tertiary/aromatic N) is 2. The molecule has 11 heteroatoms. The Morgan fingerprint density at radius 3 is 2.23 bits per heavy atom. The molecule has 1 aliphatic carbocycles. The van der Waals surface area contributed by atoms with Crippen LogP contribution in [0.4, 0.5) is 5.69 Å². The fraction of sp³-hybridized carbons (Fsp3) is 0.375. The number of hydrogen-bond donors (Lipinski definition) is 1. The molecule has 0 aromatic heterocycles. The van der Waals surface area contributed by atoms with E-state index in [1.807, 2.05) is 13.8 Å². The molecule has 1 fully saturated rings. The van der Waals surface area contributed by atoms with Crippen molar-refractivity contribution in [2.75, 3.05) is 10.8 Å². The highest BCUT2D eigenvalue weighted by Crippen LogP contribution is 2.29. The average Bonchev–Trinajstić information content (AvgIpc) is 2.97. The molecule has 7 nitrogen and oxygen atoms in total. The molecular weight excluding hydrogens is 629 g/mol. The molecule has 1 aliphatic rings. The van der Waals surface area contributed by atoms with Gasteiger partial charge in [-0.15, -0.1) is 0 Å². The van der Waals surface area contributed by atoms with Crippen LogP contribution in [0.2, 0.25) is 15.1 Å². The first-order valence-corrected chi connectivity index (χ1v) is 17.0. The van der Waals surface area contributed by atoms with E-state index in [9.17, 15) is 18.0 Å². The van der Waals surface area contributed by atoms with Crippen molar-refractivity contribution in [3.8, 4) is 0 Å². The second kappa shape index (κ2) is 14.8. The van der Waals surface area contributed by atoms with Crippen LogP contribution in [0, 0.1) is 6.92 Å². The second-order valence-corrected chi connectivity index (χ2v) is 14.0. The molecule has 0 heterocycles. The number of nitrogens with one attached hydrogen (secondary N) is 1. The molecule has 230 valence electrons. The number of hydrogen-bond acceptors (Lipinski definition) is 4. The Balaban J connectivity index is 1.73. The van der Waals surface area contributed by atoms with E-state index >= 15 is 0 Å². The van der Waals surface area contributed by atoms with Crippen molar-refractivity contribution in [2.45, 2.75) is 75.9 Å². The Labute approximate surface area is 269 Å². The SMILES string of the molecule is CC[C@@H](C(=O)NC1CCCCC1)N(Cc1ccc(Cl)cc1Cl)C(=O)CN(c1cccc(Cl)c1)S(=O)(=O)c1ccc(C)cc1. The number of carbonyl (C=O) groups excluding carboxylic acids is 2. The van der Waals surface area contributed by atoms with Gasteiger partial charge in [0, 0.05) is 27.7 Å². The summed E-state index contributed by atoms with van der Waals surface area (Å²) in [5.41, 5.74) is 1.70. The molecule has 0 unspecified atom stereocenters. The standard InChI is InChI=1S/C32H36Cl3N3O4S/c1-3-30(32(40)36-26-9-5-4-6-10-26)37(20-23-14-15-25(34)19-29(23)35)31(39)21-38(27-11-7-8-24(33)18-27)43(41,42)28-16-12-22(2)13-17-28/h7-8,11-19,26,30H,3-6,9-10,20-21H2,1-2H3,(H,36,40)/t30-/m0/s1. The third-order valence-electron chi connectivity index (χ3n) is 7.68. The van der Waals surface area contributed by atoms with E-state index < -0.39 is 28.5 Å². The molecule has 0 spiro atoms. The van der Waals surface area contributed by atoms with Gasteiger partial charge in [-0.2, -0.15) is 0 Å². The first-order chi connectivity index (χ1) is 20.5.